The smallest absolute Gasteiger partial charge is 0.0193 e. The number of unbranched alkanes of at least 4 members (excludes halogenated alkanes) is 18. The zero-order valence-corrected chi connectivity index (χ0v) is 23.6. The minimum absolute atomic E-state index is 0.262. The Labute approximate surface area is 210 Å². The maximum atomic E-state index is 6.16. The molecule has 200 valence electrons. The van der Waals surface area contributed by atoms with Crippen molar-refractivity contribution in [1.82, 2.24) is 10.2 Å². The van der Waals surface area contributed by atoms with E-state index in [0.29, 0.717) is 6.04 Å². The largest absolute Gasteiger partial charge is 0.327 e. The fourth-order valence-electron chi connectivity index (χ4n) is 4.84. The molecule has 2 unspecified atom stereocenters. The fourth-order valence-corrected chi connectivity index (χ4v) is 4.84. The Kier molecular flexibility index (Phi) is 26.4. The molecule has 0 rings (SSSR count). The molecule has 0 aromatic carbocycles. The molecule has 0 aromatic heterocycles. The lowest BCUT2D eigenvalue weighted by Crippen LogP contribution is -2.46. The number of nitrogens with zero attached hydrogens (tertiary/aromatic N) is 1. The first-order valence-electron chi connectivity index (χ1n) is 15.3. The molecule has 0 aliphatic rings. The Morgan fingerprint density at radius 2 is 0.970 bits per heavy atom. The molecule has 0 bridgehead atoms. The summed E-state index contributed by atoms with van der Waals surface area (Å²) < 4.78 is 0. The van der Waals surface area contributed by atoms with E-state index in [1.807, 2.05) is 0 Å². The van der Waals surface area contributed by atoms with Gasteiger partial charge in [0.15, 0.2) is 0 Å². The summed E-state index contributed by atoms with van der Waals surface area (Å²) >= 11 is 0. The third-order valence-corrected chi connectivity index (χ3v) is 7.09. The molecular weight excluding hydrogens is 402 g/mol. The number of hydrogen-bond acceptors (Lipinski definition) is 3. The van der Waals surface area contributed by atoms with Crippen LogP contribution in [0.25, 0.3) is 0 Å². The number of nitrogens with two attached hydrogens (primary N) is 1. The van der Waals surface area contributed by atoms with Crippen LogP contribution in [0.2, 0.25) is 0 Å². The van der Waals surface area contributed by atoms with Crippen molar-refractivity contribution in [3.8, 4) is 0 Å². The van der Waals surface area contributed by atoms with Gasteiger partial charge < -0.3 is 11.1 Å². The van der Waals surface area contributed by atoms with Crippen LogP contribution in [0, 0.1) is 0 Å². The van der Waals surface area contributed by atoms with Crippen molar-refractivity contribution in [2.75, 3.05) is 26.2 Å². The standard InChI is InChI=1S/C30H65N3/c1-5-7-9-11-13-15-17-19-21-23-25-32-27-30(4)33(28-29(3)31)26-24-22-20-18-16-14-12-10-8-6-2/h29-30,32H,5-28,31H2,1-4H3. The minimum Gasteiger partial charge on any atom is -0.327 e. The Balaban J connectivity index is 3.69. The summed E-state index contributed by atoms with van der Waals surface area (Å²) in [5.41, 5.74) is 6.16. The molecule has 3 N–H and O–H groups in total. The number of hydrogen-bond donors (Lipinski definition) is 2. The molecule has 0 radical (unpaired) electrons. The van der Waals surface area contributed by atoms with Gasteiger partial charge in [0.25, 0.3) is 0 Å². The highest BCUT2D eigenvalue weighted by Crippen LogP contribution is 2.12. The Morgan fingerprint density at radius 3 is 1.39 bits per heavy atom. The van der Waals surface area contributed by atoms with Gasteiger partial charge in [0, 0.05) is 25.2 Å². The third-order valence-electron chi connectivity index (χ3n) is 7.09. The Hall–Kier alpha value is -0.120. The highest BCUT2D eigenvalue weighted by atomic mass is 15.2. The van der Waals surface area contributed by atoms with Crippen LogP contribution < -0.4 is 11.1 Å². The van der Waals surface area contributed by atoms with E-state index >= 15 is 0 Å². The highest BCUT2D eigenvalue weighted by Gasteiger charge is 2.14. The zero-order valence-electron chi connectivity index (χ0n) is 23.6. The summed E-state index contributed by atoms with van der Waals surface area (Å²) in [7, 11) is 0. The van der Waals surface area contributed by atoms with Crippen molar-refractivity contribution < 1.29 is 0 Å². The average molecular weight is 468 g/mol. The van der Waals surface area contributed by atoms with Gasteiger partial charge in [-0.15, -0.1) is 0 Å². The summed E-state index contributed by atoms with van der Waals surface area (Å²) in [6.07, 6.45) is 28.2. The lowest BCUT2D eigenvalue weighted by molar-refractivity contribution is 0.191. The van der Waals surface area contributed by atoms with Gasteiger partial charge >= 0.3 is 0 Å². The molecule has 2 atom stereocenters. The second kappa shape index (κ2) is 26.5. The molecule has 3 heteroatoms. The van der Waals surface area contributed by atoms with Crippen molar-refractivity contribution >= 4 is 0 Å². The lowest BCUT2D eigenvalue weighted by atomic mass is 10.1. The normalized spacial score (nSPS) is 13.6. The predicted octanol–water partition coefficient (Wildman–Crippen LogP) is 8.46. The van der Waals surface area contributed by atoms with E-state index in [9.17, 15) is 0 Å². The Bertz CT molecular complexity index is 358. The average Bonchev–Trinajstić information content (AvgIpc) is 2.79. The molecular formula is C30H65N3. The molecule has 0 saturated heterocycles. The van der Waals surface area contributed by atoms with Crippen molar-refractivity contribution in [2.24, 2.45) is 5.73 Å². The number of rotatable bonds is 27. The maximum absolute atomic E-state index is 6.16. The van der Waals surface area contributed by atoms with Crippen LogP contribution in [0.5, 0.6) is 0 Å². The summed E-state index contributed by atoms with van der Waals surface area (Å²) in [6.45, 7) is 13.6. The van der Waals surface area contributed by atoms with E-state index in [1.165, 1.54) is 142 Å². The summed E-state index contributed by atoms with van der Waals surface area (Å²) in [5.74, 6) is 0. The van der Waals surface area contributed by atoms with Gasteiger partial charge in [-0.1, -0.05) is 129 Å². The van der Waals surface area contributed by atoms with E-state index in [0.717, 1.165) is 13.1 Å². The van der Waals surface area contributed by atoms with Gasteiger partial charge in [-0.3, -0.25) is 4.90 Å². The van der Waals surface area contributed by atoms with Gasteiger partial charge in [0.1, 0.15) is 0 Å². The molecule has 3 nitrogen and oxygen atoms in total. The molecule has 0 aliphatic carbocycles. The maximum Gasteiger partial charge on any atom is 0.0193 e. The Morgan fingerprint density at radius 1 is 0.576 bits per heavy atom. The predicted molar refractivity (Wildman–Crippen MR) is 151 cm³/mol. The van der Waals surface area contributed by atoms with E-state index in [-0.39, 0.29) is 6.04 Å². The van der Waals surface area contributed by atoms with Crippen LogP contribution in [0.1, 0.15) is 156 Å². The summed E-state index contributed by atoms with van der Waals surface area (Å²) in [6, 6.07) is 0.843. The van der Waals surface area contributed by atoms with Crippen molar-refractivity contribution in [2.45, 2.75) is 168 Å². The van der Waals surface area contributed by atoms with Gasteiger partial charge in [0.2, 0.25) is 0 Å². The van der Waals surface area contributed by atoms with Crippen LogP contribution >= 0.6 is 0 Å². The quantitative estimate of drug-likeness (QED) is 0.119. The highest BCUT2D eigenvalue weighted by molar-refractivity contribution is 4.73. The van der Waals surface area contributed by atoms with Crippen molar-refractivity contribution in [3.63, 3.8) is 0 Å². The van der Waals surface area contributed by atoms with E-state index in [2.05, 4.69) is 37.9 Å². The van der Waals surface area contributed by atoms with Crippen LogP contribution in [-0.4, -0.2) is 43.2 Å². The first kappa shape index (κ1) is 32.9. The second-order valence-corrected chi connectivity index (χ2v) is 10.9. The first-order valence-corrected chi connectivity index (χ1v) is 15.3. The van der Waals surface area contributed by atoms with Crippen LogP contribution in [-0.2, 0) is 0 Å². The van der Waals surface area contributed by atoms with E-state index in [1.54, 1.807) is 0 Å². The molecule has 0 spiro atoms. The topological polar surface area (TPSA) is 41.3 Å². The second-order valence-electron chi connectivity index (χ2n) is 10.9. The molecule has 0 saturated carbocycles. The van der Waals surface area contributed by atoms with Gasteiger partial charge in [-0.2, -0.15) is 0 Å². The third kappa shape index (κ3) is 24.8. The molecule has 0 fully saturated rings. The lowest BCUT2D eigenvalue weighted by Gasteiger charge is -2.31. The number of nitrogens with one attached hydrogen (secondary N) is 1. The van der Waals surface area contributed by atoms with Gasteiger partial charge in [-0.25, -0.2) is 0 Å². The molecule has 0 aliphatic heterocycles. The summed E-state index contributed by atoms with van der Waals surface area (Å²) in [4.78, 5) is 2.63. The van der Waals surface area contributed by atoms with Crippen molar-refractivity contribution in [3.05, 3.63) is 0 Å². The monoisotopic (exact) mass is 468 g/mol. The molecule has 0 heterocycles. The molecule has 0 amide bonds. The van der Waals surface area contributed by atoms with Crippen molar-refractivity contribution in [1.29, 1.82) is 0 Å². The fraction of sp³-hybridized carbons (Fsp3) is 1.00. The van der Waals surface area contributed by atoms with E-state index < -0.39 is 0 Å². The van der Waals surface area contributed by atoms with E-state index in [4.69, 9.17) is 5.73 Å². The van der Waals surface area contributed by atoms with Crippen LogP contribution in [0.4, 0.5) is 0 Å². The van der Waals surface area contributed by atoms with Crippen LogP contribution in [0.15, 0.2) is 0 Å². The summed E-state index contributed by atoms with van der Waals surface area (Å²) in [5, 5.41) is 3.72. The zero-order chi connectivity index (χ0) is 24.4. The molecule has 33 heavy (non-hydrogen) atoms. The minimum atomic E-state index is 0.262. The van der Waals surface area contributed by atoms with Crippen LogP contribution in [0.3, 0.4) is 0 Å². The van der Waals surface area contributed by atoms with Gasteiger partial charge in [0.05, 0.1) is 0 Å². The SMILES string of the molecule is CCCCCCCCCCCCNCC(C)N(CCCCCCCCCCCC)CC(C)N. The van der Waals surface area contributed by atoms with Gasteiger partial charge in [-0.05, 0) is 39.8 Å². The molecule has 0 aromatic rings. The first-order chi connectivity index (χ1) is 16.1.